The van der Waals surface area contributed by atoms with E-state index < -0.39 is 0 Å². The summed E-state index contributed by atoms with van der Waals surface area (Å²) in [5.41, 5.74) is 2.44. The number of alkyl halides is 1. The van der Waals surface area contributed by atoms with Gasteiger partial charge in [0.25, 0.3) is 0 Å². The van der Waals surface area contributed by atoms with Crippen molar-refractivity contribution in [3.05, 3.63) is 46.4 Å². The fourth-order valence-corrected chi connectivity index (χ4v) is 2.53. The summed E-state index contributed by atoms with van der Waals surface area (Å²) in [7, 11) is 0. The first kappa shape index (κ1) is 15.2. The smallest absolute Gasteiger partial charge is 0.239 e. The average Bonchev–Trinajstić information content (AvgIpc) is 2.89. The maximum absolute atomic E-state index is 11.3. The number of nitrogens with zero attached hydrogens (tertiary/aromatic N) is 1. The predicted octanol–water partition coefficient (Wildman–Crippen LogP) is 4.98. The molecule has 0 bridgehead atoms. The van der Waals surface area contributed by atoms with Crippen LogP contribution in [-0.4, -0.2) is 16.8 Å². The van der Waals surface area contributed by atoms with Crippen molar-refractivity contribution in [2.45, 2.75) is 0 Å². The van der Waals surface area contributed by atoms with Gasteiger partial charge < -0.3 is 9.73 Å². The largest absolute Gasteiger partial charge is 0.436 e. The lowest BCUT2D eigenvalue weighted by atomic mass is 10.2. The van der Waals surface area contributed by atoms with Crippen molar-refractivity contribution in [1.82, 2.24) is 4.98 Å². The first-order chi connectivity index (χ1) is 10.6. The van der Waals surface area contributed by atoms with E-state index in [0.717, 1.165) is 0 Å². The lowest BCUT2D eigenvalue weighted by Gasteiger charge is -2.01. The molecule has 1 N–H and O–H groups in total. The van der Waals surface area contributed by atoms with E-state index in [1.54, 1.807) is 36.4 Å². The number of oxazole rings is 1. The third-order valence-electron chi connectivity index (χ3n) is 2.95. The number of nitrogens with one attached hydrogen (secondary N) is 1. The number of hydrogen-bond acceptors (Lipinski definition) is 3. The van der Waals surface area contributed by atoms with Gasteiger partial charge in [0.2, 0.25) is 11.8 Å². The van der Waals surface area contributed by atoms with Crippen LogP contribution in [0.1, 0.15) is 0 Å². The Kier molecular flexibility index (Phi) is 4.25. The molecule has 4 nitrogen and oxygen atoms in total. The number of benzene rings is 2. The van der Waals surface area contributed by atoms with Crippen molar-refractivity contribution >= 4 is 57.5 Å². The van der Waals surface area contributed by atoms with Gasteiger partial charge in [0, 0.05) is 10.7 Å². The molecule has 1 amide bonds. The van der Waals surface area contributed by atoms with Gasteiger partial charge in [-0.3, -0.25) is 4.79 Å². The summed E-state index contributed by atoms with van der Waals surface area (Å²) in [5, 5.41) is 3.65. The number of rotatable bonds is 3. The Morgan fingerprint density at radius 1 is 1.18 bits per heavy atom. The van der Waals surface area contributed by atoms with Gasteiger partial charge in [-0.1, -0.05) is 23.2 Å². The molecule has 0 fully saturated rings. The fourth-order valence-electron chi connectivity index (χ4n) is 1.98. The van der Waals surface area contributed by atoms with Crippen LogP contribution in [-0.2, 0) is 4.79 Å². The Hall–Kier alpha value is -1.75. The molecule has 0 saturated carbocycles. The number of aromatic nitrogens is 1. The molecule has 0 spiro atoms. The Bertz CT molecular complexity index is 861. The molecule has 112 valence electrons. The third kappa shape index (κ3) is 3.04. The van der Waals surface area contributed by atoms with Crippen molar-refractivity contribution in [3.63, 3.8) is 0 Å². The van der Waals surface area contributed by atoms with Gasteiger partial charge in [-0.15, -0.1) is 11.6 Å². The normalized spacial score (nSPS) is 10.9. The van der Waals surface area contributed by atoms with Crippen LogP contribution < -0.4 is 5.32 Å². The highest BCUT2D eigenvalue weighted by Gasteiger charge is 2.12. The molecule has 3 aromatic rings. The van der Waals surface area contributed by atoms with Crippen molar-refractivity contribution in [2.24, 2.45) is 0 Å². The van der Waals surface area contributed by atoms with E-state index in [9.17, 15) is 4.79 Å². The number of anilines is 1. The highest BCUT2D eigenvalue weighted by Crippen LogP contribution is 2.32. The summed E-state index contributed by atoms with van der Waals surface area (Å²) < 4.78 is 5.68. The van der Waals surface area contributed by atoms with Gasteiger partial charge in [0.1, 0.15) is 11.4 Å². The number of amides is 1. The van der Waals surface area contributed by atoms with Gasteiger partial charge in [-0.2, -0.15) is 0 Å². The Labute approximate surface area is 141 Å². The van der Waals surface area contributed by atoms with E-state index in [4.69, 9.17) is 39.2 Å². The van der Waals surface area contributed by atoms with Gasteiger partial charge in [-0.25, -0.2) is 4.98 Å². The van der Waals surface area contributed by atoms with Crippen molar-refractivity contribution in [1.29, 1.82) is 0 Å². The van der Waals surface area contributed by atoms with Crippen LogP contribution in [0, 0.1) is 0 Å². The summed E-state index contributed by atoms with van der Waals surface area (Å²) in [6.45, 7) is 0. The van der Waals surface area contributed by atoms with Crippen molar-refractivity contribution in [2.75, 3.05) is 11.2 Å². The quantitative estimate of drug-likeness (QED) is 0.674. The Morgan fingerprint density at radius 3 is 2.73 bits per heavy atom. The molecule has 0 aliphatic heterocycles. The maximum Gasteiger partial charge on any atom is 0.239 e. The molecule has 0 saturated heterocycles. The number of hydrogen-bond donors (Lipinski definition) is 1. The zero-order valence-electron chi connectivity index (χ0n) is 11.1. The topological polar surface area (TPSA) is 55.1 Å². The second-order valence-electron chi connectivity index (χ2n) is 4.51. The summed E-state index contributed by atoms with van der Waals surface area (Å²) in [6.07, 6.45) is 0. The zero-order valence-corrected chi connectivity index (χ0v) is 13.3. The van der Waals surface area contributed by atoms with Crippen LogP contribution in [0.15, 0.2) is 40.8 Å². The number of fused-ring (bicyclic) bond motifs is 1. The highest BCUT2D eigenvalue weighted by atomic mass is 35.5. The summed E-state index contributed by atoms with van der Waals surface area (Å²) in [6, 6.07) is 10.2. The standard InChI is InChI=1S/C15H9Cl3N2O2/c16-7-14(21)19-9-2-4-13-12(6-9)20-15(22-13)10-3-1-8(17)5-11(10)18/h1-6H,7H2,(H,19,21). The van der Waals surface area contributed by atoms with Crippen LogP contribution in [0.2, 0.25) is 10.0 Å². The zero-order chi connectivity index (χ0) is 15.7. The molecule has 1 aromatic heterocycles. The SMILES string of the molecule is O=C(CCl)Nc1ccc2oc(-c3ccc(Cl)cc3Cl)nc2c1. The van der Waals surface area contributed by atoms with Gasteiger partial charge in [0.05, 0.1) is 10.6 Å². The van der Waals surface area contributed by atoms with Gasteiger partial charge in [-0.05, 0) is 36.4 Å². The van der Waals surface area contributed by atoms with E-state index in [-0.39, 0.29) is 11.8 Å². The van der Waals surface area contributed by atoms with E-state index >= 15 is 0 Å². The van der Waals surface area contributed by atoms with Gasteiger partial charge >= 0.3 is 0 Å². The first-order valence-corrected chi connectivity index (χ1v) is 7.57. The minimum atomic E-state index is -0.287. The molecule has 3 rings (SSSR count). The molecule has 0 radical (unpaired) electrons. The minimum absolute atomic E-state index is 0.109. The van der Waals surface area contributed by atoms with Crippen molar-refractivity contribution < 1.29 is 9.21 Å². The molecule has 1 heterocycles. The van der Waals surface area contributed by atoms with Crippen LogP contribution in [0.4, 0.5) is 5.69 Å². The summed E-state index contributed by atoms with van der Waals surface area (Å²) in [5.74, 6) is -0.00868. The highest BCUT2D eigenvalue weighted by molar-refractivity contribution is 6.36. The van der Waals surface area contributed by atoms with Crippen LogP contribution in [0.3, 0.4) is 0 Å². The second kappa shape index (κ2) is 6.16. The molecular formula is C15H9Cl3N2O2. The minimum Gasteiger partial charge on any atom is -0.436 e. The monoisotopic (exact) mass is 354 g/mol. The number of carbonyl (C=O) groups is 1. The van der Waals surface area contributed by atoms with E-state index in [0.29, 0.717) is 38.3 Å². The van der Waals surface area contributed by atoms with Crippen LogP contribution in [0.25, 0.3) is 22.6 Å². The first-order valence-electron chi connectivity index (χ1n) is 6.28. The molecule has 0 aliphatic rings. The van der Waals surface area contributed by atoms with E-state index in [1.165, 1.54) is 0 Å². The molecule has 0 atom stereocenters. The summed E-state index contributed by atoms with van der Waals surface area (Å²) >= 11 is 17.5. The second-order valence-corrected chi connectivity index (χ2v) is 5.62. The molecular weight excluding hydrogens is 347 g/mol. The molecule has 0 unspecified atom stereocenters. The molecule has 22 heavy (non-hydrogen) atoms. The molecule has 0 aliphatic carbocycles. The van der Waals surface area contributed by atoms with Crippen molar-refractivity contribution in [3.8, 4) is 11.5 Å². The lowest BCUT2D eigenvalue weighted by Crippen LogP contribution is -2.12. The van der Waals surface area contributed by atoms with Gasteiger partial charge in [0.15, 0.2) is 5.58 Å². The number of carbonyl (C=O) groups excluding carboxylic acids is 1. The van der Waals surface area contributed by atoms with E-state index in [2.05, 4.69) is 10.3 Å². The fraction of sp³-hybridized carbons (Fsp3) is 0.0667. The summed E-state index contributed by atoms with van der Waals surface area (Å²) in [4.78, 5) is 15.7. The Morgan fingerprint density at radius 2 is 2.00 bits per heavy atom. The van der Waals surface area contributed by atoms with E-state index in [1.807, 2.05) is 0 Å². The van der Waals surface area contributed by atoms with Crippen LogP contribution in [0.5, 0.6) is 0 Å². The third-order valence-corrected chi connectivity index (χ3v) is 3.74. The molecule has 2 aromatic carbocycles. The molecule has 7 heteroatoms. The predicted molar refractivity (Wildman–Crippen MR) is 88.8 cm³/mol. The van der Waals surface area contributed by atoms with Crippen LogP contribution >= 0.6 is 34.8 Å². The number of halogens is 3. The lowest BCUT2D eigenvalue weighted by molar-refractivity contribution is -0.113. The maximum atomic E-state index is 11.3. The Balaban J connectivity index is 2.00. The average molecular weight is 356 g/mol.